The molecule has 1 nitrogen and oxygen atoms in total. The monoisotopic (exact) mass is 243 g/mol. The molecule has 0 aliphatic heterocycles. The van der Waals surface area contributed by atoms with Gasteiger partial charge in [0.25, 0.3) is 0 Å². The largest absolute Gasteiger partial charge is 0.313 e. The number of nitrogens with one attached hydrogen (secondary N) is 1. The molecule has 2 unspecified atom stereocenters. The summed E-state index contributed by atoms with van der Waals surface area (Å²) in [5, 5.41) is 3.66. The number of benzene rings is 1. The maximum Gasteiger partial charge on any atom is 0.129 e. The summed E-state index contributed by atoms with van der Waals surface area (Å²) < 4.78 is 13.8. The van der Waals surface area contributed by atoms with E-state index in [2.05, 4.69) is 19.2 Å². The molecule has 0 fully saturated rings. The van der Waals surface area contributed by atoms with Gasteiger partial charge in [-0.25, -0.2) is 4.39 Å². The van der Waals surface area contributed by atoms with Crippen molar-refractivity contribution >= 4 is 11.6 Å². The third-order valence-electron chi connectivity index (χ3n) is 2.93. The van der Waals surface area contributed by atoms with Crippen molar-refractivity contribution in [2.75, 3.05) is 7.05 Å². The molecule has 2 atom stereocenters. The highest BCUT2D eigenvalue weighted by Crippen LogP contribution is 2.32. The van der Waals surface area contributed by atoms with Gasteiger partial charge in [-0.2, -0.15) is 0 Å². The second kappa shape index (κ2) is 6.21. The molecule has 0 aliphatic carbocycles. The van der Waals surface area contributed by atoms with Crippen LogP contribution in [0.15, 0.2) is 18.2 Å². The van der Waals surface area contributed by atoms with Gasteiger partial charge in [0.1, 0.15) is 5.82 Å². The fourth-order valence-electron chi connectivity index (χ4n) is 2.14. The van der Waals surface area contributed by atoms with Crippen LogP contribution in [0.25, 0.3) is 0 Å². The molecular formula is C13H19ClFN. The molecular weight excluding hydrogens is 225 g/mol. The van der Waals surface area contributed by atoms with Crippen molar-refractivity contribution in [3.05, 3.63) is 34.6 Å². The van der Waals surface area contributed by atoms with Crippen LogP contribution < -0.4 is 5.32 Å². The topological polar surface area (TPSA) is 12.0 Å². The van der Waals surface area contributed by atoms with Crippen LogP contribution in [-0.4, -0.2) is 7.05 Å². The van der Waals surface area contributed by atoms with Crippen LogP contribution in [0, 0.1) is 11.7 Å². The van der Waals surface area contributed by atoms with E-state index in [1.54, 1.807) is 12.1 Å². The fraction of sp³-hybridized carbons (Fsp3) is 0.538. The smallest absolute Gasteiger partial charge is 0.129 e. The van der Waals surface area contributed by atoms with Crippen molar-refractivity contribution in [3.63, 3.8) is 0 Å². The lowest BCUT2D eigenvalue weighted by molar-refractivity contribution is 0.372. The van der Waals surface area contributed by atoms with E-state index in [1.165, 1.54) is 6.07 Å². The first-order chi connectivity index (χ1) is 7.61. The Morgan fingerprint density at radius 1 is 1.44 bits per heavy atom. The molecule has 0 spiro atoms. The zero-order chi connectivity index (χ0) is 12.1. The van der Waals surface area contributed by atoms with Gasteiger partial charge in [0.2, 0.25) is 0 Å². The van der Waals surface area contributed by atoms with Gasteiger partial charge in [-0.1, -0.05) is 37.9 Å². The Hall–Kier alpha value is -0.600. The van der Waals surface area contributed by atoms with E-state index in [-0.39, 0.29) is 11.9 Å². The summed E-state index contributed by atoms with van der Waals surface area (Å²) in [6.07, 6.45) is 2.14. The first-order valence-electron chi connectivity index (χ1n) is 5.73. The van der Waals surface area contributed by atoms with E-state index in [9.17, 15) is 4.39 Å². The Morgan fingerprint density at radius 2 is 2.12 bits per heavy atom. The molecule has 0 heterocycles. The minimum atomic E-state index is -0.227. The van der Waals surface area contributed by atoms with Crippen LogP contribution >= 0.6 is 11.6 Å². The van der Waals surface area contributed by atoms with Crippen LogP contribution in [0.1, 0.15) is 38.3 Å². The van der Waals surface area contributed by atoms with Gasteiger partial charge >= 0.3 is 0 Å². The number of rotatable bonds is 5. The predicted octanol–water partition coefficient (Wildman–Crippen LogP) is 4.18. The van der Waals surface area contributed by atoms with Gasteiger partial charge in [-0.3, -0.25) is 0 Å². The fourth-order valence-corrected chi connectivity index (χ4v) is 2.42. The normalized spacial score (nSPS) is 14.8. The summed E-state index contributed by atoms with van der Waals surface area (Å²) in [7, 11) is 1.85. The Labute approximate surface area is 102 Å². The first kappa shape index (κ1) is 13.5. The highest BCUT2D eigenvalue weighted by Gasteiger charge is 2.22. The molecule has 1 N–H and O–H groups in total. The van der Waals surface area contributed by atoms with Crippen molar-refractivity contribution in [1.29, 1.82) is 0 Å². The Kier molecular flexibility index (Phi) is 5.23. The Morgan fingerprint density at radius 3 is 2.62 bits per heavy atom. The maximum absolute atomic E-state index is 13.8. The molecule has 0 amide bonds. The molecule has 0 saturated heterocycles. The van der Waals surface area contributed by atoms with E-state index in [0.29, 0.717) is 16.5 Å². The zero-order valence-corrected chi connectivity index (χ0v) is 10.8. The highest BCUT2D eigenvalue weighted by molar-refractivity contribution is 6.31. The summed E-state index contributed by atoms with van der Waals surface area (Å²) in [5.74, 6) is 0.138. The van der Waals surface area contributed by atoms with Crippen molar-refractivity contribution in [1.82, 2.24) is 5.32 Å². The highest BCUT2D eigenvalue weighted by atomic mass is 35.5. The number of halogens is 2. The standard InChI is InChI=1S/C13H19ClFN/c1-4-6-9(2)13(16-3)12-10(14)7-5-8-11(12)15/h5,7-9,13,16H,4,6H2,1-3H3. The van der Waals surface area contributed by atoms with Crippen LogP contribution in [0.4, 0.5) is 4.39 Å². The molecule has 1 rings (SSSR count). The number of hydrogen-bond donors (Lipinski definition) is 1. The van der Waals surface area contributed by atoms with E-state index < -0.39 is 0 Å². The van der Waals surface area contributed by atoms with Gasteiger partial charge in [0.05, 0.1) is 0 Å². The average Bonchev–Trinajstić information content (AvgIpc) is 2.24. The lowest BCUT2D eigenvalue weighted by atomic mass is 9.91. The third kappa shape index (κ3) is 2.96. The minimum Gasteiger partial charge on any atom is -0.313 e. The second-order valence-electron chi connectivity index (χ2n) is 4.17. The van der Waals surface area contributed by atoms with Crippen LogP contribution in [-0.2, 0) is 0 Å². The van der Waals surface area contributed by atoms with Crippen LogP contribution in [0.5, 0.6) is 0 Å². The minimum absolute atomic E-state index is 0.0198. The van der Waals surface area contributed by atoms with E-state index in [4.69, 9.17) is 11.6 Å². The van der Waals surface area contributed by atoms with E-state index >= 15 is 0 Å². The molecule has 0 aliphatic rings. The molecule has 1 aromatic rings. The molecule has 0 bridgehead atoms. The average molecular weight is 244 g/mol. The van der Waals surface area contributed by atoms with Crippen LogP contribution in [0.2, 0.25) is 5.02 Å². The maximum atomic E-state index is 13.8. The van der Waals surface area contributed by atoms with Crippen molar-refractivity contribution in [3.8, 4) is 0 Å². The predicted molar refractivity (Wildman–Crippen MR) is 67.3 cm³/mol. The summed E-state index contributed by atoms with van der Waals surface area (Å²) in [6, 6.07) is 4.82. The van der Waals surface area contributed by atoms with Crippen molar-refractivity contribution < 1.29 is 4.39 Å². The quantitative estimate of drug-likeness (QED) is 0.818. The lowest BCUT2D eigenvalue weighted by Crippen LogP contribution is -2.24. The van der Waals surface area contributed by atoms with E-state index in [0.717, 1.165) is 12.8 Å². The van der Waals surface area contributed by atoms with E-state index in [1.807, 2.05) is 7.05 Å². The van der Waals surface area contributed by atoms with Gasteiger partial charge in [-0.15, -0.1) is 0 Å². The number of hydrogen-bond acceptors (Lipinski definition) is 1. The lowest BCUT2D eigenvalue weighted by Gasteiger charge is -2.25. The summed E-state index contributed by atoms with van der Waals surface area (Å²) >= 11 is 6.07. The van der Waals surface area contributed by atoms with Gasteiger partial charge in [0.15, 0.2) is 0 Å². The molecule has 90 valence electrons. The van der Waals surface area contributed by atoms with Gasteiger partial charge in [-0.05, 0) is 31.5 Å². The Bertz CT molecular complexity index is 320. The Balaban J connectivity index is 3.03. The summed E-state index contributed by atoms with van der Waals surface area (Å²) in [5.41, 5.74) is 0.590. The van der Waals surface area contributed by atoms with Crippen molar-refractivity contribution in [2.45, 2.75) is 32.7 Å². The molecule has 0 aromatic heterocycles. The molecule has 3 heteroatoms. The van der Waals surface area contributed by atoms with Crippen LogP contribution in [0.3, 0.4) is 0 Å². The molecule has 0 radical (unpaired) electrons. The van der Waals surface area contributed by atoms with Gasteiger partial charge in [0, 0.05) is 16.6 Å². The molecule has 0 saturated carbocycles. The van der Waals surface area contributed by atoms with Crippen molar-refractivity contribution in [2.24, 2.45) is 5.92 Å². The molecule has 16 heavy (non-hydrogen) atoms. The summed E-state index contributed by atoms with van der Waals surface area (Å²) in [4.78, 5) is 0. The summed E-state index contributed by atoms with van der Waals surface area (Å²) in [6.45, 7) is 4.25. The van der Waals surface area contributed by atoms with Gasteiger partial charge < -0.3 is 5.32 Å². The zero-order valence-electron chi connectivity index (χ0n) is 10.1. The molecule has 1 aromatic carbocycles. The SMILES string of the molecule is CCCC(C)C(NC)c1c(F)cccc1Cl. The second-order valence-corrected chi connectivity index (χ2v) is 4.57. The first-order valence-corrected chi connectivity index (χ1v) is 6.10. The third-order valence-corrected chi connectivity index (χ3v) is 3.26.